The number of fused-ring (bicyclic) bond motifs is 1. The second-order valence-electron chi connectivity index (χ2n) is 7.22. The van der Waals surface area contributed by atoms with Crippen molar-refractivity contribution in [1.29, 1.82) is 0 Å². The van der Waals surface area contributed by atoms with Crippen LogP contribution in [0.15, 0.2) is 11.8 Å². The van der Waals surface area contributed by atoms with Crippen LogP contribution in [0.4, 0.5) is 0 Å². The molecule has 2 saturated carbocycles. The van der Waals surface area contributed by atoms with Crippen molar-refractivity contribution in [3.8, 4) is 0 Å². The zero-order valence-electron chi connectivity index (χ0n) is 11.1. The Morgan fingerprint density at radius 3 is 2.69 bits per heavy atom. The van der Waals surface area contributed by atoms with Gasteiger partial charge in [-0.15, -0.1) is 0 Å². The molecule has 0 aliphatic heterocycles. The predicted octanol–water partition coefficient (Wildman–Crippen LogP) is 4.14. The van der Waals surface area contributed by atoms with Crippen LogP contribution in [0.5, 0.6) is 0 Å². The van der Waals surface area contributed by atoms with Gasteiger partial charge in [-0.2, -0.15) is 0 Å². The van der Waals surface area contributed by atoms with Gasteiger partial charge in [0.25, 0.3) is 0 Å². The van der Waals surface area contributed by atoms with Gasteiger partial charge in [-0.3, -0.25) is 0 Å². The van der Waals surface area contributed by atoms with Crippen molar-refractivity contribution in [2.45, 2.75) is 52.9 Å². The van der Waals surface area contributed by atoms with Crippen LogP contribution in [-0.4, -0.2) is 7.11 Å². The Morgan fingerprint density at radius 1 is 1.25 bits per heavy atom. The van der Waals surface area contributed by atoms with Crippen molar-refractivity contribution in [2.24, 2.45) is 22.2 Å². The van der Waals surface area contributed by atoms with Crippen LogP contribution < -0.4 is 0 Å². The molecule has 0 radical (unpaired) electrons. The summed E-state index contributed by atoms with van der Waals surface area (Å²) in [5.41, 5.74) is 1.62. The Morgan fingerprint density at radius 2 is 2.00 bits per heavy atom. The molecule has 3 rings (SSSR count). The number of ether oxygens (including phenoxy) is 1. The van der Waals surface area contributed by atoms with E-state index in [4.69, 9.17) is 4.74 Å². The summed E-state index contributed by atoms with van der Waals surface area (Å²) in [4.78, 5) is 0. The highest BCUT2D eigenvalue weighted by Gasteiger charge is 2.75. The van der Waals surface area contributed by atoms with E-state index in [0.29, 0.717) is 16.2 Å². The Hall–Kier alpha value is -0.460. The zero-order chi connectivity index (χ0) is 11.6. The molecule has 3 aliphatic rings. The maximum absolute atomic E-state index is 5.47. The van der Waals surface area contributed by atoms with Gasteiger partial charge < -0.3 is 4.74 Å². The summed E-state index contributed by atoms with van der Waals surface area (Å²) in [5.74, 6) is 2.18. The fraction of sp³-hybridized carbons (Fsp3) is 0.867. The molecule has 3 aliphatic carbocycles. The molecule has 3 atom stereocenters. The fourth-order valence-corrected chi connectivity index (χ4v) is 4.73. The topological polar surface area (TPSA) is 9.23 Å². The SMILES string of the molecule is COC1=C[C@@]23CCCC(C)(C)C[C@@H]2[C@@]3(C)C1. The standard InChI is InChI=1S/C15H24O/c1-13(2)6-5-7-15-9-11(16-4)8-14(15,3)12(15)10-13/h9,12H,5-8,10H2,1-4H3/t12-,14-,15+/m1/s1. The van der Waals surface area contributed by atoms with Gasteiger partial charge in [0.05, 0.1) is 12.9 Å². The molecule has 0 N–H and O–H groups in total. The van der Waals surface area contributed by atoms with Gasteiger partial charge >= 0.3 is 0 Å². The summed E-state index contributed by atoms with van der Waals surface area (Å²) < 4.78 is 5.47. The van der Waals surface area contributed by atoms with Gasteiger partial charge in [-0.05, 0) is 42.1 Å². The third kappa shape index (κ3) is 1.12. The van der Waals surface area contributed by atoms with Gasteiger partial charge in [0.2, 0.25) is 0 Å². The molecule has 0 amide bonds. The fourth-order valence-electron chi connectivity index (χ4n) is 4.73. The van der Waals surface area contributed by atoms with E-state index in [1.807, 2.05) is 7.11 Å². The summed E-state index contributed by atoms with van der Waals surface area (Å²) in [6, 6.07) is 0. The van der Waals surface area contributed by atoms with Crippen LogP contribution in [0.1, 0.15) is 52.9 Å². The number of rotatable bonds is 1. The van der Waals surface area contributed by atoms with Gasteiger partial charge in [0.15, 0.2) is 0 Å². The second-order valence-corrected chi connectivity index (χ2v) is 7.22. The average molecular weight is 220 g/mol. The first-order valence-electron chi connectivity index (χ1n) is 6.69. The summed E-state index contributed by atoms with van der Waals surface area (Å²) in [7, 11) is 1.83. The third-order valence-electron chi connectivity index (χ3n) is 5.79. The Bertz CT molecular complexity index is 354. The molecule has 0 saturated heterocycles. The molecule has 2 fully saturated rings. The van der Waals surface area contributed by atoms with E-state index in [0.717, 1.165) is 5.92 Å². The summed E-state index contributed by atoms with van der Waals surface area (Å²) in [6.07, 6.45) is 9.27. The van der Waals surface area contributed by atoms with Crippen LogP contribution in [0.25, 0.3) is 0 Å². The lowest BCUT2D eigenvalue weighted by Gasteiger charge is -2.25. The lowest BCUT2D eigenvalue weighted by atomic mass is 9.80. The lowest BCUT2D eigenvalue weighted by molar-refractivity contribution is 0.235. The first kappa shape index (κ1) is 10.7. The molecular weight excluding hydrogens is 196 g/mol. The first-order valence-corrected chi connectivity index (χ1v) is 6.69. The van der Waals surface area contributed by atoms with Crippen molar-refractivity contribution < 1.29 is 4.74 Å². The normalized spacial score (nSPS) is 48.8. The molecule has 1 spiro atoms. The number of hydrogen-bond donors (Lipinski definition) is 0. The zero-order valence-corrected chi connectivity index (χ0v) is 11.1. The van der Waals surface area contributed by atoms with Crippen LogP contribution in [0.2, 0.25) is 0 Å². The van der Waals surface area contributed by atoms with E-state index in [-0.39, 0.29) is 0 Å². The van der Waals surface area contributed by atoms with E-state index >= 15 is 0 Å². The smallest absolute Gasteiger partial charge is 0.0927 e. The van der Waals surface area contributed by atoms with Crippen molar-refractivity contribution in [1.82, 2.24) is 0 Å². The number of hydrogen-bond acceptors (Lipinski definition) is 1. The van der Waals surface area contributed by atoms with Crippen LogP contribution in [0, 0.1) is 22.2 Å². The minimum atomic E-state index is 0.520. The molecule has 0 aromatic heterocycles. The Balaban J connectivity index is 1.91. The molecule has 16 heavy (non-hydrogen) atoms. The predicted molar refractivity (Wildman–Crippen MR) is 66.0 cm³/mol. The molecule has 0 aromatic carbocycles. The largest absolute Gasteiger partial charge is 0.501 e. The summed E-state index contributed by atoms with van der Waals surface area (Å²) in [5, 5.41) is 0. The maximum atomic E-state index is 5.47. The Kier molecular flexibility index (Phi) is 1.91. The summed E-state index contributed by atoms with van der Waals surface area (Å²) >= 11 is 0. The summed E-state index contributed by atoms with van der Waals surface area (Å²) in [6.45, 7) is 7.39. The highest BCUT2D eigenvalue weighted by Crippen LogP contribution is 2.81. The minimum absolute atomic E-state index is 0.520. The Labute approximate surface area is 99.3 Å². The van der Waals surface area contributed by atoms with Crippen LogP contribution in [-0.2, 0) is 4.74 Å². The van der Waals surface area contributed by atoms with Crippen molar-refractivity contribution in [3.63, 3.8) is 0 Å². The quantitative estimate of drug-likeness (QED) is 0.645. The number of methoxy groups -OCH3 is 1. The van der Waals surface area contributed by atoms with E-state index in [1.54, 1.807) is 0 Å². The molecule has 1 nitrogen and oxygen atoms in total. The third-order valence-corrected chi connectivity index (χ3v) is 5.79. The number of allylic oxidation sites excluding steroid dienone is 2. The minimum Gasteiger partial charge on any atom is -0.501 e. The average Bonchev–Trinajstić information content (AvgIpc) is 2.55. The van der Waals surface area contributed by atoms with Crippen molar-refractivity contribution in [3.05, 3.63) is 11.8 Å². The van der Waals surface area contributed by atoms with E-state index < -0.39 is 0 Å². The van der Waals surface area contributed by atoms with Crippen LogP contribution >= 0.6 is 0 Å². The van der Waals surface area contributed by atoms with Gasteiger partial charge in [-0.25, -0.2) is 0 Å². The maximum Gasteiger partial charge on any atom is 0.0927 e. The van der Waals surface area contributed by atoms with Gasteiger partial charge in [-0.1, -0.05) is 27.2 Å². The van der Waals surface area contributed by atoms with E-state index in [2.05, 4.69) is 26.8 Å². The highest BCUT2D eigenvalue weighted by molar-refractivity contribution is 5.36. The molecular formula is C15H24O. The molecule has 0 heterocycles. The first-order chi connectivity index (χ1) is 7.44. The molecule has 90 valence electrons. The molecule has 0 unspecified atom stereocenters. The highest BCUT2D eigenvalue weighted by atomic mass is 16.5. The van der Waals surface area contributed by atoms with Gasteiger partial charge in [0.1, 0.15) is 0 Å². The molecule has 1 heteroatoms. The molecule has 0 aromatic rings. The van der Waals surface area contributed by atoms with E-state index in [1.165, 1.54) is 37.9 Å². The van der Waals surface area contributed by atoms with Crippen molar-refractivity contribution >= 4 is 0 Å². The van der Waals surface area contributed by atoms with E-state index in [9.17, 15) is 0 Å². The van der Waals surface area contributed by atoms with Crippen LogP contribution in [0.3, 0.4) is 0 Å². The van der Waals surface area contributed by atoms with Crippen molar-refractivity contribution in [2.75, 3.05) is 7.11 Å². The monoisotopic (exact) mass is 220 g/mol. The van der Waals surface area contributed by atoms with Gasteiger partial charge in [0, 0.05) is 11.8 Å². The second kappa shape index (κ2) is 2.86. The molecule has 0 bridgehead atoms. The lowest BCUT2D eigenvalue weighted by Crippen LogP contribution is -2.14.